The molecule has 0 unspecified atom stereocenters. The standard InChI is InChI=1S/C16H16F3N3O4/c17-16(18,19)10-3-1-2-4-11(10)26-9-12(23)22-7-5-15(6-8-22)13(24)20-14(25)21-15/h1-4H,5-9H2,(H2,20,21,24,25). The summed E-state index contributed by atoms with van der Waals surface area (Å²) >= 11 is 0. The van der Waals surface area contributed by atoms with E-state index in [1.165, 1.54) is 17.0 Å². The highest BCUT2D eigenvalue weighted by atomic mass is 19.4. The molecule has 0 bridgehead atoms. The van der Waals surface area contributed by atoms with Crippen LogP contribution in [0.3, 0.4) is 0 Å². The summed E-state index contributed by atoms with van der Waals surface area (Å²) in [6.45, 7) is -0.160. The van der Waals surface area contributed by atoms with Crippen molar-refractivity contribution in [1.29, 1.82) is 0 Å². The minimum Gasteiger partial charge on any atom is -0.483 e. The van der Waals surface area contributed by atoms with E-state index in [0.717, 1.165) is 12.1 Å². The first-order valence-electron chi connectivity index (χ1n) is 7.92. The molecule has 2 aliphatic rings. The lowest BCUT2D eigenvalue weighted by atomic mass is 9.88. The number of urea groups is 1. The number of likely N-dealkylation sites (tertiary alicyclic amines) is 1. The third kappa shape index (κ3) is 3.44. The molecule has 0 aromatic heterocycles. The molecule has 3 rings (SSSR count). The Bertz CT molecular complexity index is 743. The van der Waals surface area contributed by atoms with Gasteiger partial charge < -0.3 is 15.0 Å². The summed E-state index contributed by atoms with van der Waals surface area (Å²) < 4.78 is 43.8. The second-order valence-corrected chi connectivity index (χ2v) is 6.15. The maximum absolute atomic E-state index is 12.9. The van der Waals surface area contributed by atoms with Crippen LogP contribution in [0.1, 0.15) is 18.4 Å². The van der Waals surface area contributed by atoms with Crippen LogP contribution >= 0.6 is 0 Å². The Hall–Kier alpha value is -2.78. The van der Waals surface area contributed by atoms with Gasteiger partial charge in [-0.1, -0.05) is 12.1 Å². The van der Waals surface area contributed by atoms with Crippen molar-refractivity contribution in [2.24, 2.45) is 0 Å². The van der Waals surface area contributed by atoms with E-state index in [1.807, 2.05) is 0 Å². The van der Waals surface area contributed by atoms with E-state index in [-0.39, 0.29) is 25.9 Å². The summed E-state index contributed by atoms with van der Waals surface area (Å²) in [5.41, 5.74) is -1.96. The van der Waals surface area contributed by atoms with Gasteiger partial charge in [-0.3, -0.25) is 14.9 Å². The van der Waals surface area contributed by atoms with Gasteiger partial charge in [-0.05, 0) is 25.0 Å². The minimum atomic E-state index is -4.58. The fraction of sp³-hybridized carbons (Fsp3) is 0.438. The number of halogens is 3. The molecule has 10 heteroatoms. The molecule has 2 saturated heterocycles. The average molecular weight is 371 g/mol. The van der Waals surface area contributed by atoms with Crippen LogP contribution in [0.4, 0.5) is 18.0 Å². The van der Waals surface area contributed by atoms with Crippen molar-refractivity contribution >= 4 is 17.8 Å². The van der Waals surface area contributed by atoms with Gasteiger partial charge in [0, 0.05) is 13.1 Å². The number of rotatable bonds is 3. The predicted octanol–water partition coefficient (Wildman–Crippen LogP) is 1.28. The van der Waals surface area contributed by atoms with Crippen LogP contribution in [-0.2, 0) is 15.8 Å². The molecule has 0 saturated carbocycles. The van der Waals surface area contributed by atoms with E-state index in [0.29, 0.717) is 0 Å². The van der Waals surface area contributed by atoms with E-state index in [9.17, 15) is 27.6 Å². The van der Waals surface area contributed by atoms with Crippen molar-refractivity contribution in [3.05, 3.63) is 29.8 Å². The molecule has 0 atom stereocenters. The number of alkyl halides is 3. The van der Waals surface area contributed by atoms with Gasteiger partial charge >= 0.3 is 12.2 Å². The molecule has 0 radical (unpaired) electrons. The van der Waals surface area contributed by atoms with Crippen LogP contribution < -0.4 is 15.4 Å². The lowest BCUT2D eigenvalue weighted by molar-refractivity contribution is -0.141. The molecule has 1 aromatic carbocycles. The van der Waals surface area contributed by atoms with Gasteiger partial charge in [0.25, 0.3) is 11.8 Å². The second-order valence-electron chi connectivity index (χ2n) is 6.15. The lowest BCUT2D eigenvalue weighted by Gasteiger charge is -2.36. The van der Waals surface area contributed by atoms with Gasteiger partial charge in [0.2, 0.25) is 0 Å². The normalized spacial score (nSPS) is 19.3. The van der Waals surface area contributed by atoms with Crippen LogP contribution in [0.2, 0.25) is 0 Å². The number of para-hydroxylation sites is 1. The monoisotopic (exact) mass is 371 g/mol. The Kier molecular flexibility index (Phi) is 4.51. The van der Waals surface area contributed by atoms with Crippen molar-refractivity contribution in [3.8, 4) is 5.75 Å². The first-order valence-corrected chi connectivity index (χ1v) is 7.92. The fourth-order valence-corrected chi connectivity index (χ4v) is 3.08. The third-order valence-corrected chi connectivity index (χ3v) is 4.53. The van der Waals surface area contributed by atoms with Crippen LogP contribution in [0, 0.1) is 0 Å². The molecule has 7 nitrogen and oxygen atoms in total. The molecule has 2 aliphatic heterocycles. The van der Waals surface area contributed by atoms with Gasteiger partial charge in [0.1, 0.15) is 11.3 Å². The Balaban J connectivity index is 1.58. The van der Waals surface area contributed by atoms with Gasteiger partial charge in [0.15, 0.2) is 6.61 Å². The number of benzene rings is 1. The number of amides is 4. The molecule has 2 N–H and O–H groups in total. The number of imide groups is 1. The number of ether oxygens (including phenoxy) is 1. The first-order chi connectivity index (χ1) is 12.2. The van der Waals surface area contributed by atoms with Crippen LogP contribution in [0.5, 0.6) is 5.75 Å². The number of piperidine rings is 1. The van der Waals surface area contributed by atoms with E-state index >= 15 is 0 Å². The Labute approximate surface area is 146 Å². The van der Waals surface area contributed by atoms with Crippen molar-refractivity contribution < 1.29 is 32.3 Å². The Morgan fingerprint density at radius 2 is 1.85 bits per heavy atom. The average Bonchev–Trinajstić information content (AvgIpc) is 2.86. The van der Waals surface area contributed by atoms with Crippen LogP contribution in [0.25, 0.3) is 0 Å². The maximum Gasteiger partial charge on any atom is 0.419 e. The molecule has 0 aliphatic carbocycles. The molecule has 2 heterocycles. The minimum absolute atomic E-state index is 0.191. The summed E-state index contributed by atoms with van der Waals surface area (Å²) in [6, 6.07) is 4.09. The first kappa shape index (κ1) is 18.0. The number of carbonyl (C=O) groups excluding carboxylic acids is 3. The molecule has 4 amide bonds. The molecule has 2 fully saturated rings. The SMILES string of the molecule is O=C1NC(=O)C2(CCN(C(=O)COc3ccccc3C(F)(F)F)CC2)N1. The van der Waals surface area contributed by atoms with Crippen molar-refractivity contribution in [3.63, 3.8) is 0 Å². The summed E-state index contributed by atoms with van der Waals surface area (Å²) in [7, 11) is 0. The van der Waals surface area contributed by atoms with Crippen molar-refractivity contribution in [2.75, 3.05) is 19.7 Å². The van der Waals surface area contributed by atoms with Crippen molar-refractivity contribution in [2.45, 2.75) is 24.6 Å². The number of nitrogens with one attached hydrogen (secondary N) is 2. The van der Waals surface area contributed by atoms with Gasteiger partial charge in [-0.15, -0.1) is 0 Å². The third-order valence-electron chi connectivity index (χ3n) is 4.53. The summed E-state index contributed by atoms with van der Waals surface area (Å²) in [6.07, 6.45) is -4.11. The molecule has 26 heavy (non-hydrogen) atoms. The molecule has 1 spiro atoms. The van der Waals surface area contributed by atoms with E-state index < -0.39 is 47.5 Å². The van der Waals surface area contributed by atoms with Crippen molar-refractivity contribution in [1.82, 2.24) is 15.5 Å². The zero-order valence-electron chi connectivity index (χ0n) is 13.6. The molecular formula is C16H16F3N3O4. The highest BCUT2D eigenvalue weighted by Gasteiger charge is 2.48. The Morgan fingerprint density at radius 3 is 2.42 bits per heavy atom. The zero-order valence-corrected chi connectivity index (χ0v) is 13.6. The fourth-order valence-electron chi connectivity index (χ4n) is 3.08. The van der Waals surface area contributed by atoms with Gasteiger partial charge in [0.05, 0.1) is 5.56 Å². The maximum atomic E-state index is 12.9. The Morgan fingerprint density at radius 1 is 1.19 bits per heavy atom. The van der Waals surface area contributed by atoms with E-state index in [1.54, 1.807) is 0 Å². The van der Waals surface area contributed by atoms with Gasteiger partial charge in [-0.2, -0.15) is 13.2 Å². The highest BCUT2D eigenvalue weighted by molar-refractivity contribution is 6.07. The lowest BCUT2D eigenvalue weighted by Crippen LogP contribution is -2.56. The molecule has 140 valence electrons. The molecular weight excluding hydrogens is 355 g/mol. The number of hydrogen-bond donors (Lipinski definition) is 2. The van der Waals surface area contributed by atoms with E-state index in [4.69, 9.17) is 4.74 Å². The van der Waals surface area contributed by atoms with Crippen LogP contribution in [-0.4, -0.2) is 48.0 Å². The quantitative estimate of drug-likeness (QED) is 0.784. The van der Waals surface area contributed by atoms with E-state index in [2.05, 4.69) is 10.6 Å². The largest absolute Gasteiger partial charge is 0.483 e. The van der Waals surface area contributed by atoms with Gasteiger partial charge in [-0.25, -0.2) is 4.79 Å². The van der Waals surface area contributed by atoms with Crippen LogP contribution in [0.15, 0.2) is 24.3 Å². The molecule has 1 aromatic rings. The zero-order chi connectivity index (χ0) is 18.9. The highest BCUT2D eigenvalue weighted by Crippen LogP contribution is 2.36. The summed E-state index contributed by atoms with van der Waals surface area (Å²) in [5, 5.41) is 4.73. The number of hydrogen-bond acceptors (Lipinski definition) is 4. The topological polar surface area (TPSA) is 87.7 Å². The summed E-state index contributed by atoms with van der Waals surface area (Å²) in [5.74, 6) is -1.32. The number of carbonyl (C=O) groups is 3. The predicted molar refractivity (Wildman–Crippen MR) is 82.2 cm³/mol. The number of nitrogens with zero attached hydrogens (tertiary/aromatic N) is 1. The smallest absolute Gasteiger partial charge is 0.419 e. The summed E-state index contributed by atoms with van der Waals surface area (Å²) in [4.78, 5) is 36.7. The second kappa shape index (κ2) is 6.50.